The van der Waals surface area contributed by atoms with Crippen molar-refractivity contribution in [2.45, 2.75) is 19.3 Å². The van der Waals surface area contributed by atoms with Gasteiger partial charge in [-0.1, -0.05) is 147 Å². The smallest absolute Gasteiger partial charge is 0.252 e. The fraction of sp³-hybridized carbons (Fsp3) is 0.0566. The minimum absolute atomic E-state index is 0.0472. The Bertz CT molecular complexity index is 3350. The molecule has 1 aromatic heterocycles. The van der Waals surface area contributed by atoms with Crippen LogP contribution in [0.3, 0.4) is 0 Å². The van der Waals surface area contributed by atoms with Crippen molar-refractivity contribution in [3.05, 3.63) is 187 Å². The Morgan fingerprint density at radius 2 is 1.12 bits per heavy atom. The Kier molecular flexibility index (Phi) is 5.81. The molecule has 0 atom stereocenters. The number of para-hydroxylation sites is 2. The van der Waals surface area contributed by atoms with Gasteiger partial charge in [-0.05, 0) is 114 Å². The van der Waals surface area contributed by atoms with Gasteiger partial charge in [0, 0.05) is 38.9 Å². The Morgan fingerprint density at radius 3 is 1.98 bits per heavy atom. The topological polar surface area (TPSA) is 8.17 Å². The fourth-order valence-electron chi connectivity index (χ4n) is 10.8. The summed E-state index contributed by atoms with van der Waals surface area (Å²) in [5.41, 5.74) is 19.4. The molecule has 0 saturated carbocycles. The molecule has 0 spiro atoms. The summed E-state index contributed by atoms with van der Waals surface area (Å²) < 4.78 is 2.60. The van der Waals surface area contributed by atoms with Crippen LogP contribution in [0.2, 0.25) is 0 Å². The van der Waals surface area contributed by atoms with Crippen molar-refractivity contribution in [2.24, 2.45) is 0 Å². The molecule has 13 rings (SSSR count). The molecule has 0 radical (unpaired) electrons. The number of rotatable bonds is 2. The Balaban J connectivity index is 1.20. The van der Waals surface area contributed by atoms with E-state index in [1.807, 2.05) is 0 Å². The normalized spacial score (nSPS) is 14.3. The lowest BCUT2D eigenvalue weighted by molar-refractivity contribution is 0.660. The van der Waals surface area contributed by atoms with Crippen LogP contribution in [0.25, 0.3) is 71.3 Å². The van der Waals surface area contributed by atoms with Crippen molar-refractivity contribution in [3.8, 4) is 27.9 Å². The van der Waals surface area contributed by atoms with Gasteiger partial charge in [0.2, 0.25) is 0 Å². The minimum atomic E-state index is -0.0889. The number of anilines is 3. The zero-order valence-electron chi connectivity index (χ0n) is 31.2. The number of fused-ring (bicyclic) bond motifs is 13. The van der Waals surface area contributed by atoms with Gasteiger partial charge in [0.25, 0.3) is 6.71 Å². The third kappa shape index (κ3) is 3.82. The summed E-state index contributed by atoms with van der Waals surface area (Å²) in [7, 11) is 0. The highest BCUT2D eigenvalue weighted by molar-refractivity contribution is 7.00. The van der Waals surface area contributed by atoms with Crippen molar-refractivity contribution in [3.63, 3.8) is 0 Å². The minimum Gasteiger partial charge on any atom is -0.311 e. The van der Waals surface area contributed by atoms with Crippen molar-refractivity contribution in [1.82, 2.24) is 4.57 Å². The van der Waals surface area contributed by atoms with Crippen LogP contribution in [0.4, 0.5) is 17.1 Å². The third-order valence-corrected chi connectivity index (χ3v) is 13.3. The van der Waals surface area contributed by atoms with Crippen LogP contribution in [-0.4, -0.2) is 11.3 Å². The molecule has 0 amide bonds. The Labute approximate surface area is 326 Å². The van der Waals surface area contributed by atoms with E-state index < -0.39 is 0 Å². The summed E-state index contributed by atoms with van der Waals surface area (Å²) in [4.78, 5) is 2.54. The van der Waals surface area contributed by atoms with Gasteiger partial charge in [0.1, 0.15) is 0 Å². The number of aromatic nitrogens is 1. The van der Waals surface area contributed by atoms with Crippen LogP contribution in [0.5, 0.6) is 0 Å². The molecule has 0 fully saturated rings. The van der Waals surface area contributed by atoms with Crippen molar-refractivity contribution in [1.29, 1.82) is 0 Å². The SMILES string of the molecule is CC1(C)c2ccccc2-c2ccc(-c3cc4c5c(c3)-n3c6ccccc6c6c7ccccc7cc(c63)B5c3cc5ccccc5cc3N4c3ccccc3)cc21. The van der Waals surface area contributed by atoms with Crippen molar-refractivity contribution >= 4 is 83.5 Å². The van der Waals surface area contributed by atoms with Crippen molar-refractivity contribution in [2.75, 3.05) is 4.90 Å². The highest BCUT2D eigenvalue weighted by Crippen LogP contribution is 2.51. The van der Waals surface area contributed by atoms with Gasteiger partial charge in [-0.25, -0.2) is 0 Å². The first-order valence-electron chi connectivity index (χ1n) is 19.8. The van der Waals surface area contributed by atoms with Crippen LogP contribution >= 0.6 is 0 Å². The lowest BCUT2D eigenvalue weighted by atomic mass is 9.33. The second kappa shape index (κ2) is 10.7. The van der Waals surface area contributed by atoms with Gasteiger partial charge in [0.05, 0.1) is 11.0 Å². The zero-order valence-corrected chi connectivity index (χ0v) is 31.2. The van der Waals surface area contributed by atoms with Crippen LogP contribution in [0.15, 0.2) is 176 Å². The van der Waals surface area contributed by atoms with E-state index >= 15 is 0 Å². The van der Waals surface area contributed by atoms with E-state index in [1.165, 1.54) is 116 Å². The molecule has 0 saturated heterocycles. The van der Waals surface area contributed by atoms with Crippen molar-refractivity contribution < 1.29 is 0 Å². The monoisotopic (exact) mass is 710 g/mol. The van der Waals surface area contributed by atoms with Gasteiger partial charge in [-0.15, -0.1) is 0 Å². The summed E-state index contributed by atoms with van der Waals surface area (Å²) in [5.74, 6) is 0. The van der Waals surface area contributed by atoms with Crippen LogP contribution in [-0.2, 0) is 5.41 Å². The maximum Gasteiger partial charge on any atom is 0.252 e. The summed E-state index contributed by atoms with van der Waals surface area (Å²) in [6, 6.07) is 66.4. The summed E-state index contributed by atoms with van der Waals surface area (Å²) in [5, 5.41) is 7.76. The maximum atomic E-state index is 2.60. The van der Waals surface area contributed by atoms with E-state index in [0.29, 0.717) is 0 Å². The molecule has 1 aliphatic carbocycles. The predicted molar refractivity (Wildman–Crippen MR) is 238 cm³/mol. The fourth-order valence-corrected chi connectivity index (χ4v) is 10.8. The third-order valence-electron chi connectivity index (χ3n) is 13.3. The molecule has 2 nitrogen and oxygen atoms in total. The molecule has 260 valence electrons. The summed E-state index contributed by atoms with van der Waals surface area (Å²) >= 11 is 0. The first-order chi connectivity index (χ1) is 27.5. The molecule has 2 aliphatic heterocycles. The maximum absolute atomic E-state index is 2.60. The molecule has 56 heavy (non-hydrogen) atoms. The molecule has 10 aromatic rings. The van der Waals surface area contributed by atoms with E-state index in [4.69, 9.17) is 0 Å². The van der Waals surface area contributed by atoms with Gasteiger partial charge < -0.3 is 9.47 Å². The summed E-state index contributed by atoms with van der Waals surface area (Å²) in [6.45, 7) is 4.81. The summed E-state index contributed by atoms with van der Waals surface area (Å²) in [6.07, 6.45) is 0. The second-order valence-corrected chi connectivity index (χ2v) is 16.5. The highest BCUT2D eigenvalue weighted by Gasteiger charge is 2.43. The quantitative estimate of drug-likeness (QED) is 0.162. The van der Waals surface area contributed by atoms with E-state index in [9.17, 15) is 0 Å². The molecule has 3 heteroatoms. The number of benzene rings is 9. The van der Waals surface area contributed by atoms with E-state index in [1.54, 1.807) is 0 Å². The number of hydrogen-bond donors (Lipinski definition) is 0. The van der Waals surface area contributed by atoms with E-state index in [2.05, 4.69) is 199 Å². The van der Waals surface area contributed by atoms with Gasteiger partial charge in [-0.3, -0.25) is 0 Å². The van der Waals surface area contributed by atoms with Crippen LogP contribution in [0, 0.1) is 0 Å². The highest BCUT2D eigenvalue weighted by atomic mass is 15.2. The molecule has 0 unspecified atom stereocenters. The molecule has 9 aromatic carbocycles. The molecule has 3 aliphatic rings. The molecule has 3 heterocycles. The average Bonchev–Trinajstić information content (AvgIpc) is 3.71. The molecule has 0 N–H and O–H groups in total. The largest absolute Gasteiger partial charge is 0.311 e. The standard InChI is InChI=1S/C53H35BN2/c1-53(2)42-22-12-10-20-39(42)40-25-24-34(26-43(40)53)36-30-48-51-49(31-36)56-46-23-13-11-21-41(46)50-38-19-9-8-16-35(38)28-45(52(50)56)54(51)44-27-32-14-6-7-15-33(32)29-47(44)55(48)37-17-4-3-5-18-37/h3-31H,1-2H3. The van der Waals surface area contributed by atoms with E-state index in [-0.39, 0.29) is 12.1 Å². The van der Waals surface area contributed by atoms with Gasteiger partial charge in [0.15, 0.2) is 0 Å². The predicted octanol–water partition coefficient (Wildman–Crippen LogP) is 11.7. The number of hydrogen-bond acceptors (Lipinski definition) is 1. The molecule has 0 bridgehead atoms. The van der Waals surface area contributed by atoms with Crippen LogP contribution < -0.4 is 21.3 Å². The van der Waals surface area contributed by atoms with E-state index in [0.717, 1.165) is 0 Å². The lowest BCUT2D eigenvalue weighted by Gasteiger charge is -2.41. The Morgan fingerprint density at radius 1 is 0.464 bits per heavy atom. The average molecular weight is 711 g/mol. The second-order valence-electron chi connectivity index (χ2n) is 16.5. The number of nitrogens with zero attached hydrogens (tertiary/aromatic N) is 2. The van der Waals surface area contributed by atoms with Gasteiger partial charge >= 0.3 is 0 Å². The van der Waals surface area contributed by atoms with Crippen LogP contribution in [0.1, 0.15) is 25.0 Å². The first kappa shape index (κ1) is 30.5. The zero-order chi connectivity index (χ0) is 36.9. The lowest BCUT2D eigenvalue weighted by Crippen LogP contribution is -2.60. The molecular formula is C53H35BN2. The first-order valence-corrected chi connectivity index (χ1v) is 19.8. The Hall–Kier alpha value is -6.84. The molecular weight excluding hydrogens is 675 g/mol. The van der Waals surface area contributed by atoms with Gasteiger partial charge in [-0.2, -0.15) is 0 Å².